The maximum Gasteiger partial charge on any atom is 0.321 e. The van der Waals surface area contributed by atoms with Gasteiger partial charge in [-0.1, -0.05) is 11.6 Å². The van der Waals surface area contributed by atoms with Gasteiger partial charge in [-0.05, 0) is 45.9 Å². The number of amides is 3. The highest BCUT2D eigenvalue weighted by Gasteiger charge is 2.22. The summed E-state index contributed by atoms with van der Waals surface area (Å²) in [6, 6.07) is 4.21. The first-order valence-electron chi connectivity index (χ1n) is 7.66. The highest BCUT2D eigenvalue weighted by atomic mass is 35.5. The van der Waals surface area contributed by atoms with Crippen molar-refractivity contribution in [3.05, 3.63) is 28.8 Å². The Bertz CT molecular complexity index is 655. The zero-order chi connectivity index (χ0) is 19.2. The van der Waals surface area contributed by atoms with Crippen molar-refractivity contribution >= 4 is 29.5 Å². The van der Waals surface area contributed by atoms with Crippen molar-refractivity contribution in [3.8, 4) is 5.75 Å². The Labute approximate surface area is 152 Å². The maximum atomic E-state index is 12.0. The summed E-state index contributed by atoms with van der Waals surface area (Å²) >= 11 is 5.91. The zero-order valence-electron chi connectivity index (χ0n) is 14.9. The molecule has 25 heavy (non-hydrogen) atoms. The van der Waals surface area contributed by atoms with Gasteiger partial charge in [0.25, 0.3) is 5.91 Å². The van der Waals surface area contributed by atoms with E-state index in [2.05, 4.69) is 10.6 Å². The van der Waals surface area contributed by atoms with Crippen molar-refractivity contribution in [1.82, 2.24) is 10.6 Å². The van der Waals surface area contributed by atoms with E-state index in [0.717, 1.165) is 0 Å². The average molecular weight is 371 g/mol. The van der Waals surface area contributed by atoms with Gasteiger partial charge in [0.2, 0.25) is 0 Å². The van der Waals surface area contributed by atoms with E-state index in [9.17, 15) is 14.4 Å². The summed E-state index contributed by atoms with van der Waals surface area (Å²) in [7, 11) is 1.47. The molecule has 0 spiro atoms. The fraction of sp³-hybridized carbons (Fsp3) is 0.471. The van der Waals surface area contributed by atoms with E-state index in [-0.39, 0.29) is 6.42 Å². The van der Waals surface area contributed by atoms with Crippen LogP contribution in [-0.2, 0) is 20.7 Å². The van der Waals surface area contributed by atoms with Gasteiger partial charge in [0.1, 0.15) is 5.75 Å². The second kappa shape index (κ2) is 8.71. The number of ether oxygens (including phenoxy) is 2. The quantitative estimate of drug-likeness (QED) is 0.776. The topological polar surface area (TPSA) is 93.7 Å². The van der Waals surface area contributed by atoms with E-state index < -0.39 is 29.6 Å². The number of hydrogen-bond donors (Lipinski definition) is 2. The van der Waals surface area contributed by atoms with Crippen LogP contribution in [0.2, 0.25) is 5.02 Å². The van der Waals surface area contributed by atoms with Crippen molar-refractivity contribution < 1.29 is 23.9 Å². The summed E-state index contributed by atoms with van der Waals surface area (Å²) in [5, 5.41) is 5.15. The number of carbonyl (C=O) groups excluding carboxylic acids is 3. The third-order valence-electron chi connectivity index (χ3n) is 2.98. The second-order valence-corrected chi connectivity index (χ2v) is 6.89. The normalized spacial score (nSPS) is 12.1. The number of halogens is 1. The fourth-order valence-corrected chi connectivity index (χ4v) is 2.11. The number of imide groups is 1. The highest BCUT2D eigenvalue weighted by molar-refractivity contribution is 6.30. The SMILES string of the molecule is COc1ccc(Cl)cc1CC(=O)O[C@H](C)C(=O)NC(=O)NC(C)(C)C. The lowest BCUT2D eigenvalue weighted by Crippen LogP contribution is -2.50. The summed E-state index contributed by atoms with van der Waals surface area (Å²) in [4.78, 5) is 35.6. The van der Waals surface area contributed by atoms with E-state index in [4.69, 9.17) is 21.1 Å². The minimum atomic E-state index is -1.12. The number of carbonyl (C=O) groups is 3. The molecule has 138 valence electrons. The van der Waals surface area contributed by atoms with Crippen LogP contribution in [0.15, 0.2) is 18.2 Å². The van der Waals surface area contributed by atoms with Crippen molar-refractivity contribution in [1.29, 1.82) is 0 Å². The zero-order valence-corrected chi connectivity index (χ0v) is 15.7. The summed E-state index contributed by atoms with van der Waals surface area (Å²) in [6.45, 7) is 6.71. The van der Waals surface area contributed by atoms with Crippen molar-refractivity contribution in [2.24, 2.45) is 0 Å². The molecule has 1 aromatic rings. The Morgan fingerprint density at radius 1 is 1.24 bits per heavy atom. The molecule has 8 heteroatoms. The molecule has 0 aliphatic carbocycles. The molecule has 1 atom stereocenters. The number of methoxy groups -OCH3 is 1. The van der Waals surface area contributed by atoms with Gasteiger partial charge < -0.3 is 14.8 Å². The Hall–Kier alpha value is -2.28. The Kier molecular flexibility index (Phi) is 7.23. The van der Waals surface area contributed by atoms with Crippen LogP contribution >= 0.6 is 11.6 Å². The molecule has 0 radical (unpaired) electrons. The monoisotopic (exact) mass is 370 g/mol. The number of urea groups is 1. The van der Waals surface area contributed by atoms with E-state index >= 15 is 0 Å². The lowest BCUT2D eigenvalue weighted by molar-refractivity contribution is -0.153. The van der Waals surface area contributed by atoms with E-state index in [1.807, 2.05) is 0 Å². The first kappa shape index (κ1) is 20.8. The molecule has 0 aliphatic rings. The molecule has 0 unspecified atom stereocenters. The molecule has 0 heterocycles. The van der Waals surface area contributed by atoms with Crippen LogP contribution in [0.3, 0.4) is 0 Å². The molecule has 3 amide bonds. The molecule has 0 aromatic heterocycles. The van der Waals surface area contributed by atoms with E-state index in [1.54, 1.807) is 39.0 Å². The van der Waals surface area contributed by atoms with Crippen molar-refractivity contribution in [2.75, 3.05) is 7.11 Å². The second-order valence-electron chi connectivity index (χ2n) is 6.46. The molecule has 0 bridgehead atoms. The first-order valence-corrected chi connectivity index (χ1v) is 8.04. The lowest BCUT2D eigenvalue weighted by atomic mass is 10.1. The highest BCUT2D eigenvalue weighted by Crippen LogP contribution is 2.23. The number of benzene rings is 1. The van der Waals surface area contributed by atoms with Gasteiger partial charge in [-0.25, -0.2) is 4.79 Å². The van der Waals surface area contributed by atoms with Crippen LogP contribution in [0, 0.1) is 0 Å². The van der Waals surface area contributed by atoms with Crippen molar-refractivity contribution in [2.45, 2.75) is 45.8 Å². The van der Waals surface area contributed by atoms with Gasteiger partial charge in [-0.2, -0.15) is 0 Å². The van der Waals surface area contributed by atoms with E-state index in [1.165, 1.54) is 14.0 Å². The molecular formula is C17H23ClN2O5. The number of esters is 1. The van der Waals surface area contributed by atoms with Gasteiger partial charge in [0, 0.05) is 16.1 Å². The van der Waals surface area contributed by atoms with Gasteiger partial charge in [0.05, 0.1) is 13.5 Å². The van der Waals surface area contributed by atoms with Gasteiger partial charge >= 0.3 is 12.0 Å². The standard InChI is InChI=1S/C17H23ClN2O5/c1-10(15(22)19-16(23)20-17(2,3)4)25-14(21)9-11-8-12(18)6-7-13(11)24-5/h6-8,10H,9H2,1-5H3,(H2,19,20,22,23)/t10-/m1/s1. The Balaban J connectivity index is 2.60. The number of rotatable bonds is 5. The number of hydrogen-bond acceptors (Lipinski definition) is 5. The predicted molar refractivity (Wildman–Crippen MR) is 93.7 cm³/mol. The number of nitrogens with one attached hydrogen (secondary N) is 2. The average Bonchev–Trinajstić information content (AvgIpc) is 2.45. The van der Waals surface area contributed by atoms with Gasteiger partial charge in [0.15, 0.2) is 6.10 Å². The lowest BCUT2D eigenvalue weighted by Gasteiger charge is -2.21. The first-order chi connectivity index (χ1) is 11.5. The Morgan fingerprint density at radius 3 is 2.44 bits per heavy atom. The molecule has 0 fully saturated rings. The minimum absolute atomic E-state index is 0.116. The third kappa shape index (κ3) is 7.43. The van der Waals surface area contributed by atoms with Crippen LogP contribution < -0.4 is 15.4 Å². The molecule has 0 saturated heterocycles. The smallest absolute Gasteiger partial charge is 0.321 e. The third-order valence-corrected chi connectivity index (χ3v) is 3.22. The summed E-state index contributed by atoms with van der Waals surface area (Å²) < 4.78 is 10.2. The largest absolute Gasteiger partial charge is 0.496 e. The van der Waals surface area contributed by atoms with Crippen LogP contribution in [0.1, 0.15) is 33.3 Å². The molecule has 7 nitrogen and oxygen atoms in total. The molecular weight excluding hydrogens is 348 g/mol. The fourth-order valence-electron chi connectivity index (χ4n) is 1.92. The van der Waals surface area contributed by atoms with Crippen molar-refractivity contribution in [3.63, 3.8) is 0 Å². The molecule has 2 N–H and O–H groups in total. The predicted octanol–water partition coefficient (Wildman–Crippen LogP) is 2.45. The van der Waals surface area contributed by atoms with Crippen LogP contribution in [0.25, 0.3) is 0 Å². The van der Waals surface area contributed by atoms with Gasteiger partial charge in [-0.15, -0.1) is 0 Å². The molecule has 0 aliphatic heterocycles. The summed E-state index contributed by atoms with van der Waals surface area (Å²) in [6.07, 6.45) is -1.24. The summed E-state index contributed by atoms with van der Waals surface area (Å²) in [5.74, 6) is -0.865. The van der Waals surface area contributed by atoms with Crippen LogP contribution in [0.4, 0.5) is 4.79 Å². The van der Waals surface area contributed by atoms with Gasteiger partial charge in [-0.3, -0.25) is 14.9 Å². The van der Waals surface area contributed by atoms with Crippen LogP contribution in [0.5, 0.6) is 5.75 Å². The Morgan fingerprint density at radius 2 is 1.88 bits per heavy atom. The molecule has 0 saturated carbocycles. The summed E-state index contributed by atoms with van der Waals surface area (Å²) in [5.41, 5.74) is 0.0472. The maximum absolute atomic E-state index is 12.0. The van der Waals surface area contributed by atoms with E-state index in [0.29, 0.717) is 16.3 Å². The van der Waals surface area contributed by atoms with Crippen LogP contribution in [-0.4, -0.2) is 36.7 Å². The molecule has 1 rings (SSSR count). The molecule has 1 aromatic carbocycles. The minimum Gasteiger partial charge on any atom is -0.496 e.